The number of rotatable bonds is 4. The second kappa shape index (κ2) is 4.73. The lowest BCUT2D eigenvalue weighted by atomic mass is 10.0. The summed E-state index contributed by atoms with van der Waals surface area (Å²) in [6.45, 7) is 4.04. The summed E-state index contributed by atoms with van der Waals surface area (Å²) in [4.78, 5) is 0. The summed E-state index contributed by atoms with van der Waals surface area (Å²) in [6, 6.07) is 0.0668. The summed E-state index contributed by atoms with van der Waals surface area (Å²) in [6.07, 6.45) is 0.731. The average molecular weight is 133 g/mol. The summed E-state index contributed by atoms with van der Waals surface area (Å²) in [5, 5.41) is 16.9. The first-order valence-corrected chi connectivity index (χ1v) is 3.22. The molecule has 0 bridgehead atoms. The van der Waals surface area contributed by atoms with E-state index in [1.54, 1.807) is 0 Å². The van der Waals surface area contributed by atoms with Gasteiger partial charge < -0.3 is 10.3 Å². The van der Waals surface area contributed by atoms with Crippen LogP contribution in [0, 0.1) is 5.92 Å². The third kappa shape index (κ3) is 3.46. The highest BCUT2D eigenvalue weighted by Crippen LogP contribution is 2.05. The topological polar surface area (TPSA) is 52.5 Å². The Kier molecular flexibility index (Phi) is 4.67. The molecule has 0 aliphatic carbocycles. The standard InChI is InChI=1S/C6H15NO2/c1-5(3-4-8)6(2)7-9/h5-9H,3-4H2,1-2H3. The van der Waals surface area contributed by atoms with Crippen LogP contribution in [0.25, 0.3) is 0 Å². The van der Waals surface area contributed by atoms with E-state index >= 15 is 0 Å². The minimum absolute atomic E-state index is 0.0668. The van der Waals surface area contributed by atoms with E-state index in [2.05, 4.69) is 5.48 Å². The van der Waals surface area contributed by atoms with Crippen LogP contribution < -0.4 is 5.48 Å². The van der Waals surface area contributed by atoms with Gasteiger partial charge in [-0.25, -0.2) is 5.48 Å². The first-order chi connectivity index (χ1) is 4.22. The Morgan fingerprint density at radius 3 is 2.33 bits per heavy atom. The molecule has 0 fully saturated rings. The molecule has 3 heteroatoms. The minimum atomic E-state index is 0.0668. The van der Waals surface area contributed by atoms with Gasteiger partial charge in [0.15, 0.2) is 0 Å². The fourth-order valence-electron chi connectivity index (χ4n) is 0.581. The first kappa shape index (κ1) is 8.88. The van der Waals surface area contributed by atoms with Crippen molar-refractivity contribution in [3.05, 3.63) is 0 Å². The summed E-state index contributed by atoms with van der Waals surface area (Å²) >= 11 is 0. The molecule has 2 atom stereocenters. The van der Waals surface area contributed by atoms with Gasteiger partial charge in [0.2, 0.25) is 0 Å². The minimum Gasteiger partial charge on any atom is -0.396 e. The van der Waals surface area contributed by atoms with Crippen LogP contribution in [-0.2, 0) is 0 Å². The Labute approximate surface area is 55.7 Å². The van der Waals surface area contributed by atoms with Gasteiger partial charge in [0.1, 0.15) is 0 Å². The van der Waals surface area contributed by atoms with E-state index in [1.165, 1.54) is 0 Å². The van der Waals surface area contributed by atoms with Crippen LogP contribution in [0.4, 0.5) is 0 Å². The predicted octanol–water partition coefficient (Wildman–Crippen LogP) is 0.372. The lowest BCUT2D eigenvalue weighted by Gasteiger charge is -2.16. The van der Waals surface area contributed by atoms with Gasteiger partial charge in [0.05, 0.1) is 0 Å². The van der Waals surface area contributed by atoms with Crippen LogP contribution in [0.1, 0.15) is 20.3 Å². The average Bonchev–Trinajstić information content (AvgIpc) is 1.87. The monoisotopic (exact) mass is 133 g/mol. The van der Waals surface area contributed by atoms with E-state index in [1.807, 2.05) is 13.8 Å². The zero-order valence-electron chi connectivity index (χ0n) is 5.96. The van der Waals surface area contributed by atoms with E-state index in [4.69, 9.17) is 10.3 Å². The Balaban J connectivity index is 3.32. The lowest BCUT2D eigenvalue weighted by molar-refractivity contribution is 0.101. The van der Waals surface area contributed by atoms with Gasteiger partial charge in [-0.15, -0.1) is 0 Å². The van der Waals surface area contributed by atoms with Crippen LogP contribution >= 0.6 is 0 Å². The van der Waals surface area contributed by atoms with Crippen LogP contribution in [0.15, 0.2) is 0 Å². The quantitative estimate of drug-likeness (QED) is 0.486. The fourth-order valence-corrected chi connectivity index (χ4v) is 0.581. The zero-order valence-corrected chi connectivity index (χ0v) is 5.96. The molecule has 3 N–H and O–H groups in total. The maximum atomic E-state index is 8.47. The molecule has 3 nitrogen and oxygen atoms in total. The van der Waals surface area contributed by atoms with E-state index in [-0.39, 0.29) is 12.6 Å². The Morgan fingerprint density at radius 2 is 2.00 bits per heavy atom. The zero-order chi connectivity index (χ0) is 7.28. The molecule has 0 rings (SSSR count). The SMILES string of the molecule is CC(CCO)C(C)NO. The van der Waals surface area contributed by atoms with E-state index < -0.39 is 0 Å². The fraction of sp³-hybridized carbons (Fsp3) is 1.00. The summed E-state index contributed by atoms with van der Waals surface area (Å²) in [5.41, 5.74) is 2.14. The molecule has 0 saturated heterocycles. The first-order valence-electron chi connectivity index (χ1n) is 3.22. The molecular weight excluding hydrogens is 118 g/mol. The molecule has 0 amide bonds. The highest BCUT2D eigenvalue weighted by atomic mass is 16.5. The van der Waals surface area contributed by atoms with E-state index in [0.29, 0.717) is 5.92 Å². The van der Waals surface area contributed by atoms with Crippen molar-refractivity contribution in [2.45, 2.75) is 26.3 Å². The number of nitrogens with one attached hydrogen (secondary N) is 1. The van der Waals surface area contributed by atoms with Crippen molar-refractivity contribution in [1.82, 2.24) is 5.48 Å². The molecule has 0 saturated carbocycles. The molecule has 56 valence electrons. The largest absolute Gasteiger partial charge is 0.396 e. The number of aliphatic hydroxyl groups excluding tert-OH is 1. The Bertz CT molecular complexity index is 68.1. The highest BCUT2D eigenvalue weighted by Gasteiger charge is 2.08. The van der Waals surface area contributed by atoms with Crippen molar-refractivity contribution in [1.29, 1.82) is 0 Å². The van der Waals surface area contributed by atoms with Gasteiger partial charge in [0.25, 0.3) is 0 Å². The third-order valence-electron chi connectivity index (χ3n) is 1.64. The molecule has 0 aromatic rings. The summed E-state index contributed by atoms with van der Waals surface area (Å²) < 4.78 is 0. The van der Waals surface area contributed by atoms with Gasteiger partial charge in [-0.3, -0.25) is 0 Å². The van der Waals surface area contributed by atoms with Gasteiger partial charge in [-0.05, 0) is 19.3 Å². The molecule has 0 heterocycles. The predicted molar refractivity (Wildman–Crippen MR) is 35.3 cm³/mol. The molecule has 0 aliphatic rings. The van der Waals surface area contributed by atoms with Gasteiger partial charge in [0, 0.05) is 12.6 Å². The Hall–Kier alpha value is -0.120. The number of hydrogen-bond donors (Lipinski definition) is 3. The van der Waals surface area contributed by atoms with Crippen LogP contribution in [0.3, 0.4) is 0 Å². The second-order valence-corrected chi connectivity index (χ2v) is 2.41. The van der Waals surface area contributed by atoms with Gasteiger partial charge >= 0.3 is 0 Å². The Morgan fingerprint density at radius 1 is 1.44 bits per heavy atom. The lowest BCUT2D eigenvalue weighted by Crippen LogP contribution is -2.29. The third-order valence-corrected chi connectivity index (χ3v) is 1.64. The molecule has 9 heavy (non-hydrogen) atoms. The van der Waals surface area contributed by atoms with Crippen molar-refractivity contribution >= 4 is 0 Å². The van der Waals surface area contributed by atoms with Gasteiger partial charge in [-0.1, -0.05) is 6.92 Å². The number of aliphatic hydroxyl groups is 1. The molecule has 0 aromatic heterocycles. The number of hydrogen-bond acceptors (Lipinski definition) is 3. The van der Waals surface area contributed by atoms with Crippen LogP contribution in [-0.4, -0.2) is 23.0 Å². The molecule has 0 spiro atoms. The molecular formula is C6H15NO2. The summed E-state index contributed by atoms with van der Waals surface area (Å²) in [5.74, 6) is 0.319. The smallest absolute Gasteiger partial charge is 0.0434 e. The van der Waals surface area contributed by atoms with Crippen molar-refractivity contribution in [3.8, 4) is 0 Å². The molecule has 0 aromatic carbocycles. The molecule has 0 aliphatic heterocycles. The highest BCUT2D eigenvalue weighted by molar-refractivity contribution is 4.62. The van der Waals surface area contributed by atoms with Gasteiger partial charge in [-0.2, -0.15) is 0 Å². The van der Waals surface area contributed by atoms with Crippen molar-refractivity contribution in [2.24, 2.45) is 5.92 Å². The van der Waals surface area contributed by atoms with Crippen molar-refractivity contribution in [2.75, 3.05) is 6.61 Å². The molecule has 0 radical (unpaired) electrons. The van der Waals surface area contributed by atoms with Crippen LogP contribution in [0.2, 0.25) is 0 Å². The van der Waals surface area contributed by atoms with Crippen molar-refractivity contribution < 1.29 is 10.3 Å². The summed E-state index contributed by atoms with van der Waals surface area (Å²) in [7, 11) is 0. The second-order valence-electron chi connectivity index (χ2n) is 2.41. The maximum Gasteiger partial charge on any atom is 0.0434 e. The van der Waals surface area contributed by atoms with Crippen molar-refractivity contribution in [3.63, 3.8) is 0 Å². The van der Waals surface area contributed by atoms with E-state index in [9.17, 15) is 0 Å². The van der Waals surface area contributed by atoms with E-state index in [0.717, 1.165) is 6.42 Å². The normalized spacial score (nSPS) is 17.3. The number of hydroxylamine groups is 1. The molecule has 2 unspecified atom stereocenters. The maximum absolute atomic E-state index is 8.47. The van der Waals surface area contributed by atoms with Crippen LogP contribution in [0.5, 0.6) is 0 Å².